The van der Waals surface area contributed by atoms with Crippen molar-refractivity contribution in [1.82, 2.24) is 20.2 Å². The molecule has 41 heavy (non-hydrogen) atoms. The van der Waals surface area contributed by atoms with E-state index in [1.54, 1.807) is 32.1 Å². The summed E-state index contributed by atoms with van der Waals surface area (Å²) >= 11 is 0. The summed E-state index contributed by atoms with van der Waals surface area (Å²) in [4.78, 5) is 47.2. The Balaban J connectivity index is 1.59. The third-order valence-electron chi connectivity index (χ3n) is 7.43. The number of rotatable bonds is 12. The van der Waals surface area contributed by atoms with Gasteiger partial charge in [0.05, 0.1) is 24.7 Å². The molecule has 2 aromatic rings. The lowest BCUT2D eigenvalue weighted by Gasteiger charge is -2.24. The Labute approximate surface area is 236 Å². The molecule has 13 heteroatoms. The van der Waals surface area contributed by atoms with E-state index >= 15 is 8.78 Å². The molecule has 0 radical (unpaired) electrons. The molecule has 1 aliphatic heterocycles. The van der Waals surface area contributed by atoms with Gasteiger partial charge in [0, 0.05) is 18.4 Å². The molecule has 1 aromatic heterocycles. The summed E-state index contributed by atoms with van der Waals surface area (Å²) in [6.07, 6.45) is 1.40. The van der Waals surface area contributed by atoms with E-state index in [1.807, 2.05) is 0 Å². The fraction of sp³-hybridized carbons (Fsp3) is 0.536. The van der Waals surface area contributed by atoms with Crippen LogP contribution in [0.4, 0.5) is 13.6 Å². The van der Waals surface area contributed by atoms with Crippen LogP contribution < -0.4 is 20.5 Å². The molecular formula is C28H35F2N5O6. The SMILES string of the molecule is C=CCCCC(F)(F)c1nc2ccc(OC)cc2nc1O[C@H]1CN(C(=O)CNC(=O)OC2(C)CC2)[C@H](C(N)=O)[C@@H]1C. The number of carbonyl (C=O) groups is 3. The van der Waals surface area contributed by atoms with Crippen LogP contribution in [0.2, 0.25) is 0 Å². The standard InChI is InChI=1S/C28H35F2N5O6/c1-5-6-7-10-28(29,30)23-25(34-19-13-17(39-4)8-9-18(19)33-23)40-20-15-35(22(16(20)2)24(31)37)21(36)14-32-26(38)41-27(3)11-12-27/h5,8-9,13,16,20,22H,1,6-7,10-12,14-15H2,2-4H3,(H2,31,37)(H,32,38)/t16-,20+,22+/m1/s1. The lowest BCUT2D eigenvalue weighted by Crippen LogP contribution is -2.49. The molecule has 0 unspecified atom stereocenters. The van der Waals surface area contributed by atoms with Crippen LogP contribution in [0.3, 0.4) is 0 Å². The number of amides is 3. The van der Waals surface area contributed by atoms with E-state index in [4.69, 9.17) is 19.9 Å². The van der Waals surface area contributed by atoms with E-state index in [2.05, 4.69) is 21.9 Å². The summed E-state index contributed by atoms with van der Waals surface area (Å²) < 4.78 is 47.4. The highest BCUT2D eigenvalue weighted by molar-refractivity contribution is 5.89. The first-order chi connectivity index (χ1) is 19.4. The minimum atomic E-state index is -3.39. The highest BCUT2D eigenvalue weighted by Crippen LogP contribution is 2.40. The molecular weight excluding hydrogens is 540 g/mol. The van der Waals surface area contributed by atoms with Gasteiger partial charge in [-0.2, -0.15) is 8.78 Å². The van der Waals surface area contributed by atoms with E-state index in [1.165, 1.54) is 18.1 Å². The monoisotopic (exact) mass is 575 g/mol. The number of halogens is 2. The number of nitrogens with one attached hydrogen (secondary N) is 1. The fourth-order valence-electron chi connectivity index (χ4n) is 4.76. The Kier molecular flexibility index (Phi) is 8.64. The van der Waals surface area contributed by atoms with Gasteiger partial charge in [-0.3, -0.25) is 9.59 Å². The van der Waals surface area contributed by atoms with E-state index in [0.717, 1.165) is 12.8 Å². The van der Waals surface area contributed by atoms with Gasteiger partial charge in [0.25, 0.3) is 5.92 Å². The second-order valence-electron chi connectivity index (χ2n) is 10.7. The first kappa shape index (κ1) is 29.9. The number of methoxy groups -OCH3 is 1. The molecule has 2 aliphatic rings. The predicted octanol–water partition coefficient (Wildman–Crippen LogP) is 3.44. The third kappa shape index (κ3) is 6.83. The number of nitrogens with two attached hydrogens (primary N) is 1. The van der Waals surface area contributed by atoms with Crippen LogP contribution in [-0.2, 0) is 20.2 Å². The number of ether oxygens (including phenoxy) is 3. The molecule has 1 saturated heterocycles. The molecule has 4 rings (SSSR count). The van der Waals surface area contributed by atoms with Crippen molar-refractivity contribution in [2.75, 3.05) is 20.2 Å². The molecule has 0 spiro atoms. The summed E-state index contributed by atoms with van der Waals surface area (Å²) in [7, 11) is 1.46. The van der Waals surface area contributed by atoms with Crippen molar-refractivity contribution < 1.29 is 37.4 Å². The van der Waals surface area contributed by atoms with Crippen LogP contribution in [0.1, 0.15) is 51.6 Å². The van der Waals surface area contributed by atoms with Gasteiger partial charge in [-0.15, -0.1) is 6.58 Å². The number of allylic oxidation sites excluding steroid dienone is 1. The quantitative estimate of drug-likeness (QED) is 0.289. The number of alkyl halides is 2. The normalized spacial score (nSPS) is 21.3. The Morgan fingerprint density at radius 2 is 2.00 bits per heavy atom. The molecule has 3 atom stereocenters. The highest BCUT2D eigenvalue weighted by atomic mass is 19.3. The van der Waals surface area contributed by atoms with Gasteiger partial charge < -0.3 is 30.2 Å². The number of benzene rings is 1. The molecule has 0 bridgehead atoms. The number of carbonyl (C=O) groups excluding carboxylic acids is 3. The zero-order chi connectivity index (χ0) is 29.9. The zero-order valence-electron chi connectivity index (χ0n) is 23.3. The van der Waals surface area contributed by atoms with Crippen molar-refractivity contribution in [2.24, 2.45) is 11.7 Å². The zero-order valence-corrected chi connectivity index (χ0v) is 23.3. The number of unbranched alkanes of at least 4 members (excludes halogenated alkanes) is 1. The number of hydrogen-bond donors (Lipinski definition) is 2. The second-order valence-corrected chi connectivity index (χ2v) is 10.7. The van der Waals surface area contributed by atoms with Gasteiger partial charge in [0.1, 0.15) is 30.0 Å². The maximum Gasteiger partial charge on any atom is 0.408 e. The van der Waals surface area contributed by atoms with Gasteiger partial charge in [0.2, 0.25) is 17.7 Å². The molecule has 222 valence electrons. The Morgan fingerprint density at radius 3 is 2.63 bits per heavy atom. The molecule has 1 saturated carbocycles. The van der Waals surface area contributed by atoms with Crippen LogP contribution in [0, 0.1) is 5.92 Å². The average Bonchev–Trinajstić information content (AvgIpc) is 3.55. The van der Waals surface area contributed by atoms with E-state index in [0.29, 0.717) is 12.2 Å². The van der Waals surface area contributed by atoms with Crippen molar-refractivity contribution in [3.8, 4) is 11.6 Å². The van der Waals surface area contributed by atoms with Crippen LogP contribution in [-0.4, -0.2) is 70.7 Å². The molecule has 11 nitrogen and oxygen atoms in total. The van der Waals surface area contributed by atoms with Crippen molar-refractivity contribution in [3.63, 3.8) is 0 Å². The molecule has 3 N–H and O–H groups in total. The van der Waals surface area contributed by atoms with Crippen molar-refractivity contribution in [1.29, 1.82) is 0 Å². The van der Waals surface area contributed by atoms with Gasteiger partial charge >= 0.3 is 6.09 Å². The van der Waals surface area contributed by atoms with E-state index in [9.17, 15) is 14.4 Å². The van der Waals surface area contributed by atoms with Crippen molar-refractivity contribution in [2.45, 2.75) is 69.6 Å². The Morgan fingerprint density at radius 1 is 1.27 bits per heavy atom. The lowest BCUT2D eigenvalue weighted by molar-refractivity contribution is -0.137. The lowest BCUT2D eigenvalue weighted by atomic mass is 10.00. The minimum Gasteiger partial charge on any atom is -0.497 e. The van der Waals surface area contributed by atoms with Gasteiger partial charge in [-0.1, -0.05) is 13.0 Å². The maximum absolute atomic E-state index is 15.5. The van der Waals surface area contributed by atoms with Crippen LogP contribution in [0.15, 0.2) is 30.9 Å². The molecule has 3 amide bonds. The highest BCUT2D eigenvalue weighted by Gasteiger charge is 2.47. The molecule has 2 heterocycles. The molecule has 2 fully saturated rings. The van der Waals surface area contributed by atoms with E-state index < -0.39 is 72.0 Å². The molecule has 1 aliphatic carbocycles. The summed E-state index contributed by atoms with van der Waals surface area (Å²) in [5.41, 5.74) is 4.94. The Bertz CT molecular complexity index is 1330. The van der Waals surface area contributed by atoms with Crippen LogP contribution in [0.25, 0.3) is 11.0 Å². The number of aromatic nitrogens is 2. The second kappa shape index (κ2) is 11.8. The first-order valence-electron chi connectivity index (χ1n) is 13.4. The summed E-state index contributed by atoms with van der Waals surface area (Å²) in [5.74, 6) is -5.43. The number of primary amides is 1. The average molecular weight is 576 g/mol. The number of nitrogens with zero attached hydrogens (tertiary/aromatic N) is 3. The topological polar surface area (TPSA) is 146 Å². The van der Waals surface area contributed by atoms with Crippen molar-refractivity contribution in [3.05, 3.63) is 36.5 Å². The number of fused-ring (bicyclic) bond motifs is 1. The maximum atomic E-state index is 15.5. The first-order valence-corrected chi connectivity index (χ1v) is 13.4. The number of likely N-dealkylation sites (tertiary alicyclic amines) is 1. The fourth-order valence-corrected chi connectivity index (χ4v) is 4.76. The molecule has 1 aromatic carbocycles. The predicted molar refractivity (Wildman–Crippen MR) is 144 cm³/mol. The van der Waals surface area contributed by atoms with Gasteiger partial charge in [-0.25, -0.2) is 14.8 Å². The Hall–Kier alpha value is -4.03. The largest absolute Gasteiger partial charge is 0.497 e. The van der Waals surface area contributed by atoms with E-state index in [-0.39, 0.29) is 24.0 Å². The summed E-state index contributed by atoms with van der Waals surface area (Å²) in [6.45, 7) is 6.39. The third-order valence-corrected chi connectivity index (χ3v) is 7.43. The van der Waals surface area contributed by atoms with Crippen molar-refractivity contribution >= 4 is 28.9 Å². The number of hydrogen-bond acceptors (Lipinski definition) is 8. The summed E-state index contributed by atoms with van der Waals surface area (Å²) in [6, 6.07) is 3.56. The number of alkyl carbamates (subject to hydrolysis) is 1. The summed E-state index contributed by atoms with van der Waals surface area (Å²) in [5, 5.41) is 2.39. The van der Waals surface area contributed by atoms with Gasteiger partial charge in [0.15, 0.2) is 5.69 Å². The van der Waals surface area contributed by atoms with Gasteiger partial charge in [-0.05, 0) is 44.7 Å². The smallest absolute Gasteiger partial charge is 0.408 e. The van der Waals surface area contributed by atoms with Crippen LogP contribution >= 0.6 is 0 Å². The van der Waals surface area contributed by atoms with Crippen LogP contribution in [0.5, 0.6) is 11.6 Å². The minimum absolute atomic E-state index is 0.151.